The highest BCUT2D eigenvalue weighted by Gasteiger charge is 2.12. The van der Waals surface area contributed by atoms with Gasteiger partial charge in [-0.2, -0.15) is 0 Å². The number of hydrogen-bond donors (Lipinski definition) is 0. The van der Waals surface area contributed by atoms with E-state index in [9.17, 15) is 4.39 Å². The maximum Gasteiger partial charge on any atom is 0.166 e. The van der Waals surface area contributed by atoms with Gasteiger partial charge in [-0.3, -0.25) is 0 Å². The zero-order chi connectivity index (χ0) is 10.8. The lowest BCUT2D eigenvalue weighted by atomic mass is 10.1. The largest absolute Gasteiger partial charge is 0.314 e. The van der Waals surface area contributed by atoms with Gasteiger partial charge in [0.15, 0.2) is 5.82 Å². The molecule has 0 aliphatic rings. The second kappa shape index (κ2) is 3.81. The van der Waals surface area contributed by atoms with Crippen LogP contribution in [0.2, 0.25) is 0 Å². The molecular formula is C11H12FN3. The zero-order valence-electron chi connectivity index (χ0n) is 8.74. The summed E-state index contributed by atoms with van der Waals surface area (Å²) in [5.41, 5.74) is 1.13. The molecule has 0 spiro atoms. The number of rotatable bonds is 2. The number of benzene rings is 1. The van der Waals surface area contributed by atoms with Crippen LogP contribution in [0.5, 0.6) is 0 Å². The molecule has 0 saturated heterocycles. The summed E-state index contributed by atoms with van der Waals surface area (Å²) in [4.78, 5) is 0. The van der Waals surface area contributed by atoms with E-state index >= 15 is 0 Å². The predicted molar refractivity (Wildman–Crippen MR) is 55.8 cm³/mol. The molecule has 0 fully saturated rings. The second-order valence-corrected chi connectivity index (χ2v) is 3.38. The van der Waals surface area contributed by atoms with Gasteiger partial charge in [-0.05, 0) is 25.5 Å². The molecule has 0 radical (unpaired) electrons. The Kier molecular flexibility index (Phi) is 2.49. The first-order valence-electron chi connectivity index (χ1n) is 4.87. The smallest absolute Gasteiger partial charge is 0.166 e. The zero-order valence-corrected chi connectivity index (χ0v) is 8.74. The second-order valence-electron chi connectivity index (χ2n) is 3.38. The molecule has 0 aliphatic heterocycles. The first kappa shape index (κ1) is 9.83. The third-order valence-corrected chi connectivity index (χ3v) is 2.39. The molecule has 0 atom stereocenters. The van der Waals surface area contributed by atoms with Crippen molar-refractivity contribution in [2.75, 3.05) is 0 Å². The van der Waals surface area contributed by atoms with E-state index < -0.39 is 0 Å². The highest BCUT2D eigenvalue weighted by atomic mass is 19.1. The number of aromatic nitrogens is 3. The van der Waals surface area contributed by atoms with E-state index in [1.807, 2.05) is 17.6 Å². The lowest BCUT2D eigenvalue weighted by Gasteiger charge is -2.05. The van der Waals surface area contributed by atoms with E-state index in [4.69, 9.17) is 0 Å². The van der Waals surface area contributed by atoms with Crippen molar-refractivity contribution in [3.63, 3.8) is 0 Å². The first-order valence-corrected chi connectivity index (χ1v) is 4.87. The van der Waals surface area contributed by atoms with Crippen molar-refractivity contribution in [1.29, 1.82) is 0 Å². The molecule has 4 heteroatoms. The van der Waals surface area contributed by atoms with E-state index in [0.29, 0.717) is 17.0 Å². The summed E-state index contributed by atoms with van der Waals surface area (Å²) in [5, 5.41) is 7.72. The monoisotopic (exact) mass is 205 g/mol. The van der Waals surface area contributed by atoms with Crippen LogP contribution in [0, 0.1) is 12.7 Å². The first-order chi connectivity index (χ1) is 7.24. The van der Waals surface area contributed by atoms with Crippen molar-refractivity contribution in [3.05, 3.63) is 35.9 Å². The maximum atomic E-state index is 13.8. The molecule has 1 aromatic carbocycles. The van der Waals surface area contributed by atoms with Gasteiger partial charge in [0.1, 0.15) is 12.1 Å². The highest BCUT2D eigenvalue weighted by Crippen LogP contribution is 2.22. The lowest BCUT2D eigenvalue weighted by molar-refractivity contribution is 0.618. The fraction of sp³-hybridized carbons (Fsp3) is 0.273. The van der Waals surface area contributed by atoms with Crippen LogP contribution in [0.15, 0.2) is 24.5 Å². The van der Waals surface area contributed by atoms with Crippen molar-refractivity contribution in [2.45, 2.75) is 20.4 Å². The molecule has 1 aromatic heterocycles. The minimum atomic E-state index is -0.222. The fourth-order valence-electron chi connectivity index (χ4n) is 1.52. The highest BCUT2D eigenvalue weighted by molar-refractivity contribution is 5.57. The molecule has 2 aromatic rings. The van der Waals surface area contributed by atoms with Crippen LogP contribution < -0.4 is 0 Å². The summed E-state index contributed by atoms with van der Waals surface area (Å²) in [6, 6.07) is 5.28. The summed E-state index contributed by atoms with van der Waals surface area (Å²) >= 11 is 0. The molecule has 78 valence electrons. The number of nitrogens with zero attached hydrogens (tertiary/aromatic N) is 3. The summed E-state index contributed by atoms with van der Waals surface area (Å²) in [7, 11) is 0. The Hall–Kier alpha value is -1.71. The Labute approximate surface area is 87.6 Å². The van der Waals surface area contributed by atoms with Gasteiger partial charge in [-0.25, -0.2) is 4.39 Å². The molecule has 0 saturated carbocycles. The Morgan fingerprint density at radius 2 is 2.20 bits per heavy atom. The average Bonchev–Trinajstić information content (AvgIpc) is 2.70. The van der Waals surface area contributed by atoms with E-state index in [0.717, 1.165) is 6.54 Å². The molecule has 0 aliphatic carbocycles. The van der Waals surface area contributed by atoms with Crippen LogP contribution >= 0.6 is 0 Å². The normalized spacial score (nSPS) is 10.6. The summed E-state index contributed by atoms with van der Waals surface area (Å²) in [6.07, 6.45) is 1.61. The Balaban J connectivity index is 2.59. The molecular weight excluding hydrogens is 193 g/mol. The van der Waals surface area contributed by atoms with E-state index in [1.165, 1.54) is 0 Å². The van der Waals surface area contributed by atoms with Gasteiger partial charge in [-0.15, -0.1) is 10.2 Å². The standard InChI is InChI=1S/C11H12FN3/c1-3-15-7-13-14-11(15)9-6-4-5-8(2)10(9)12/h4-7H,3H2,1-2H3. The average molecular weight is 205 g/mol. The van der Waals surface area contributed by atoms with Gasteiger partial charge in [0.25, 0.3) is 0 Å². The quantitative estimate of drug-likeness (QED) is 0.753. The number of halogens is 1. The minimum Gasteiger partial charge on any atom is -0.314 e. The topological polar surface area (TPSA) is 30.7 Å². The fourth-order valence-corrected chi connectivity index (χ4v) is 1.52. The third-order valence-electron chi connectivity index (χ3n) is 2.39. The van der Waals surface area contributed by atoms with Crippen molar-refractivity contribution in [3.8, 4) is 11.4 Å². The van der Waals surface area contributed by atoms with E-state index in [2.05, 4.69) is 10.2 Å². The molecule has 0 N–H and O–H groups in total. The van der Waals surface area contributed by atoms with Gasteiger partial charge in [0.2, 0.25) is 0 Å². The van der Waals surface area contributed by atoms with Crippen molar-refractivity contribution in [2.24, 2.45) is 0 Å². The maximum absolute atomic E-state index is 13.8. The molecule has 0 amide bonds. The number of hydrogen-bond acceptors (Lipinski definition) is 2. The molecule has 0 bridgehead atoms. The van der Waals surface area contributed by atoms with Gasteiger partial charge in [-0.1, -0.05) is 12.1 Å². The van der Waals surface area contributed by atoms with Crippen molar-refractivity contribution >= 4 is 0 Å². The van der Waals surface area contributed by atoms with E-state index in [-0.39, 0.29) is 5.82 Å². The van der Waals surface area contributed by atoms with Crippen LogP contribution in [0.25, 0.3) is 11.4 Å². The van der Waals surface area contributed by atoms with Crippen LogP contribution in [0.4, 0.5) is 4.39 Å². The lowest BCUT2D eigenvalue weighted by Crippen LogP contribution is -1.98. The van der Waals surface area contributed by atoms with E-state index in [1.54, 1.807) is 25.4 Å². The summed E-state index contributed by atoms with van der Waals surface area (Å²) in [6.45, 7) is 4.45. The molecule has 2 rings (SSSR count). The summed E-state index contributed by atoms with van der Waals surface area (Å²) < 4.78 is 15.6. The molecule has 3 nitrogen and oxygen atoms in total. The summed E-state index contributed by atoms with van der Waals surface area (Å²) in [5.74, 6) is 0.360. The number of aryl methyl sites for hydroxylation is 2. The molecule has 1 heterocycles. The van der Waals surface area contributed by atoms with Gasteiger partial charge >= 0.3 is 0 Å². The van der Waals surface area contributed by atoms with Crippen LogP contribution in [0.1, 0.15) is 12.5 Å². The van der Waals surface area contributed by atoms with Crippen LogP contribution in [-0.2, 0) is 6.54 Å². The van der Waals surface area contributed by atoms with Gasteiger partial charge in [0.05, 0.1) is 5.56 Å². The van der Waals surface area contributed by atoms with Gasteiger partial charge in [0, 0.05) is 6.54 Å². The SMILES string of the molecule is CCn1cnnc1-c1cccc(C)c1F. The Morgan fingerprint density at radius 1 is 1.40 bits per heavy atom. The molecule has 15 heavy (non-hydrogen) atoms. The van der Waals surface area contributed by atoms with Crippen molar-refractivity contribution < 1.29 is 4.39 Å². The van der Waals surface area contributed by atoms with Gasteiger partial charge < -0.3 is 4.57 Å². The Bertz CT molecular complexity index is 476. The molecule has 0 unspecified atom stereocenters. The minimum absolute atomic E-state index is 0.222. The van der Waals surface area contributed by atoms with Crippen LogP contribution in [0.3, 0.4) is 0 Å². The van der Waals surface area contributed by atoms with Crippen molar-refractivity contribution in [1.82, 2.24) is 14.8 Å². The predicted octanol–water partition coefficient (Wildman–Crippen LogP) is 2.41. The Morgan fingerprint density at radius 3 is 2.93 bits per heavy atom. The third kappa shape index (κ3) is 1.63. The van der Waals surface area contributed by atoms with Crippen LogP contribution in [-0.4, -0.2) is 14.8 Å².